The van der Waals surface area contributed by atoms with Crippen molar-refractivity contribution in [2.24, 2.45) is 4.99 Å². The molecule has 1 aromatic carbocycles. The number of nitrogens with zero attached hydrogens (tertiary/aromatic N) is 2. The zero-order valence-corrected chi connectivity index (χ0v) is 15.8. The van der Waals surface area contributed by atoms with E-state index in [0.717, 1.165) is 31.0 Å². The van der Waals surface area contributed by atoms with Crippen LogP contribution in [0.3, 0.4) is 0 Å². The number of hydrogen-bond acceptors (Lipinski definition) is 2. The average molecular weight is 355 g/mol. The van der Waals surface area contributed by atoms with Crippen LogP contribution in [0.2, 0.25) is 0 Å². The number of carbonyl (C=O) groups is 1. The molecule has 0 aliphatic rings. The number of aliphatic imine (C=N–C) groups is 1. The van der Waals surface area contributed by atoms with Crippen molar-refractivity contribution in [3.05, 3.63) is 59.9 Å². The summed E-state index contributed by atoms with van der Waals surface area (Å²) in [5.41, 5.74) is 1.72. The Hall–Kier alpha value is -2.76. The quantitative estimate of drug-likeness (QED) is 0.503. The Kier molecular flexibility index (Phi) is 7.74. The summed E-state index contributed by atoms with van der Waals surface area (Å²) in [6.45, 7) is 6.32. The molecule has 1 unspecified atom stereocenters. The number of guanidine groups is 1. The van der Waals surface area contributed by atoms with Crippen molar-refractivity contribution >= 4 is 11.9 Å². The molecule has 1 amide bonds. The Morgan fingerprint density at radius 3 is 2.65 bits per heavy atom. The summed E-state index contributed by atoms with van der Waals surface area (Å²) in [6.07, 6.45) is 4.99. The molecule has 0 saturated heterocycles. The number of benzene rings is 1. The predicted molar refractivity (Wildman–Crippen MR) is 106 cm³/mol. The monoisotopic (exact) mass is 355 g/mol. The van der Waals surface area contributed by atoms with Crippen molar-refractivity contribution < 1.29 is 4.79 Å². The van der Waals surface area contributed by atoms with E-state index < -0.39 is 0 Å². The number of aromatic nitrogens is 1. The van der Waals surface area contributed by atoms with E-state index in [0.29, 0.717) is 12.1 Å². The summed E-state index contributed by atoms with van der Waals surface area (Å²) < 4.78 is 2.11. The summed E-state index contributed by atoms with van der Waals surface area (Å²) in [7, 11) is 1.75. The van der Waals surface area contributed by atoms with Gasteiger partial charge in [0.2, 0.25) is 0 Å². The predicted octanol–water partition coefficient (Wildman–Crippen LogP) is 2.38. The molecule has 0 aliphatic heterocycles. The molecule has 0 radical (unpaired) electrons. The summed E-state index contributed by atoms with van der Waals surface area (Å²) in [5.74, 6) is 0.710. The Balaban J connectivity index is 1.83. The number of hydrogen-bond donors (Lipinski definition) is 3. The van der Waals surface area contributed by atoms with Gasteiger partial charge in [0, 0.05) is 50.7 Å². The lowest BCUT2D eigenvalue weighted by molar-refractivity contribution is 0.0939. The first kappa shape index (κ1) is 19.6. The molecule has 1 atom stereocenters. The average Bonchev–Trinajstić information content (AvgIpc) is 3.18. The third kappa shape index (κ3) is 6.27. The molecule has 26 heavy (non-hydrogen) atoms. The van der Waals surface area contributed by atoms with Crippen LogP contribution in [0.5, 0.6) is 0 Å². The first-order valence-corrected chi connectivity index (χ1v) is 9.07. The molecule has 0 bridgehead atoms. The molecular formula is C20H29N5O. The van der Waals surface area contributed by atoms with Gasteiger partial charge in [-0.3, -0.25) is 9.79 Å². The molecule has 1 heterocycles. The second kappa shape index (κ2) is 10.3. The molecular weight excluding hydrogens is 326 g/mol. The molecule has 0 spiro atoms. The molecule has 3 N–H and O–H groups in total. The maximum absolute atomic E-state index is 12.2. The fourth-order valence-electron chi connectivity index (χ4n) is 2.46. The topological polar surface area (TPSA) is 70.4 Å². The highest BCUT2D eigenvalue weighted by atomic mass is 16.1. The van der Waals surface area contributed by atoms with Gasteiger partial charge in [-0.05, 0) is 43.2 Å². The van der Waals surface area contributed by atoms with Gasteiger partial charge in [0.25, 0.3) is 5.91 Å². The van der Waals surface area contributed by atoms with Gasteiger partial charge in [0.1, 0.15) is 0 Å². The van der Waals surface area contributed by atoms with Crippen LogP contribution in [0, 0.1) is 0 Å². The van der Waals surface area contributed by atoms with Crippen LogP contribution in [-0.2, 0) is 13.1 Å². The molecule has 140 valence electrons. The van der Waals surface area contributed by atoms with Gasteiger partial charge >= 0.3 is 0 Å². The van der Waals surface area contributed by atoms with Gasteiger partial charge in [0.15, 0.2) is 5.96 Å². The lowest BCUT2D eigenvalue weighted by Crippen LogP contribution is -2.38. The minimum Gasteiger partial charge on any atom is -0.355 e. The Labute approximate surface area is 155 Å². The van der Waals surface area contributed by atoms with Crippen LogP contribution >= 0.6 is 0 Å². The minimum absolute atomic E-state index is 0.0320. The summed E-state index contributed by atoms with van der Waals surface area (Å²) in [5, 5.41) is 9.56. The van der Waals surface area contributed by atoms with E-state index in [9.17, 15) is 4.79 Å². The maximum atomic E-state index is 12.2. The normalized spacial score (nSPS) is 12.5. The van der Waals surface area contributed by atoms with Crippen molar-refractivity contribution in [1.82, 2.24) is 20.5 Å². The van der Waals surface area contributed by atoms with Crippen LogP contribution < -0.4 is 16.0 Å². The van der Waals surface area contributed by atoms with Crippen LogP contribution in [0.15, 0.2) is 53.8 Å². The van der Waals surface area contributed by atoms with E-state index >= 15 is 0 Å². The highest BCUT2D eigenvalue weighted by molar-refractivity contribution is 5.94. The van der Waals surface area contributed by atoms with Crippen LogP contribution in [0.25, 0.3) is 0 Å². The smallest absolute Gasteiger partial charge is 0.251 e. The van der Waals surface area contributed by atoms with E-state index in [1.54, 1.807) is 7.05 Å². The summed E-state index contributed by atoms with van der Waals surface area (Å²) >= 11 is 0. The summed E-state index contributed by atoms with van der Waals surface area (Å²) in [4.78, 5) is 16.5. The molecule has 2 rings (SSSR count). The second-order valence-corrected chi connectivity index (χ2v) is 6.26. The SMILES string of the molecule is CCC(C)NC(=O)c1cccc(CNC(=NC)NCCn2cccc2)c1. The van der Waals surface area contributed by atoms with E-state index in [4.69, 9.17) is 0 Å². The highest BCUT2D eigenvalue weighted by Gasteiger charge is 2.09. The third-order valence-electron chi connectivity index (χ3n) is 4.19. The molecule has 2 aromatic rings. The standard InChI is InChI=1S/C20H29N5O/c1-4-16(2)24-19(26)18-9-7-8-17(14-18)15-23-20(21-3)22-10-13-25-11-5-6-12-25/h5-9,11-12,14,16H,4,10,13,15H2,1-3H3,(H,24,26)(H2,21,22,23). The minimum atomic E-state index is -0.0320. The van der Waals surface area contributed by atoms with Crippen molar-refractivity contribution in [1.29, 1.82) is 0 Å². The van der Waals surface area contributed by atoms with Crippen LogP contribution in [0.4, 0.5) is 0 Å². The molecule has 6 nitrogen and oxygen atoms in total. The maximum Gasteiger partial charge on any atom is 0.251 e. The molecule has 0 fully saturated rings. The number of carbonyl (C=O) groups excluding carboxylic acids is 1. The Bertz CT molecular complexity index is 709. The lowest BCUT2D eigenvalue weighted by atomic mass is 10.1. The first-order chi connectivity index (χ1) is 12.6. The summed E-state index contributed by atoms with van der Waals surface area (Å²) in [6, 6.07) is 11.9. The van der Waals surface area contributed by atoms with Crippen molar-refractivity contribution in [2.45, 2.75) is 39.4 Å². The van der Waals surface area contributed by atoms with Crippen molar-refractivity contribution in [3.8, 4) is 0 Å². The van der Waals surface area contributed by atoms with Crippen molar-refractivity contribution in [3.63, 3.8) is 0 Å². The second-order valence-electron chi connectivity index (χ2n) is 6.26. The molecule has 6 heteroatoms. The number of amides is 1. The first-order valence-electron chi connectivity index (χ1n) is 9.07. The van der Waals surface area contributed by atoms with Gasteiger partial charge in [0.05, 0.1) is 0 Å². The van der Waals surface area contributed by atoms with E-state index in [2.05, 4.69) is 32.4 Å². The van der Waals surface area contributed by atoms with Gasteiger partial charge in [-0.2, -0.15) is 0 Å². The lowest BCUT2D eigenvalue weighted by Gasteiger charge is -2.14. The van der Waals surface area contributed by atoms with Gasteiger partial charge in [-0.25, -0.2) is 0 Å². The van der Waals surface area contributed by atoms with Gasteiger partial charge in [-0.1, -0.05) is 19.1 Å². The third-order valence-corrected chi connectivity index (χ3v) is 4.19. The van der Waals surface area contributed by atoms with E-state index in [1.807, 2.05) is 55.7 Å². The molecule has 1 aromatic heterocycles. The van der Waals surface area contributed by atoms with E-state index in [1.165, 1.54) is 0 Å². The Morgan fingerprint density at radius 1 is 1.19 bits per heavy atom. The fraction of sp³-hybridized carbons (Fsp3) is 0.400. The molecule has 0 aliphatic carbocycles. The van der Waals surface area contributed by atoms with Crippen LogP contribution in [-0.4, -0.2) is 36.1 Å². The largest absolute Gasteiger partial charge is 0.355 e. The van der Waals surface area contributed by atoms with Gasteiger partial charge in [-0.15, -0.1) is 0 Å². The van der Waals surface area contributed by atoms with E-state index in [-0.39, 0.29) is 11.9 Å². The fourth-order valence-corrected chi connectivity index (χ4v) is 2.46. The molecule has 0 saturated carbocycles. The van der Waals surface area contributed by atoms with Crippen LogP contribution in [0.1, 0.15) is 36.2 Å². The number of nitrogens with one attached hydrogen (secondary N) is 3. The zero-order valence-electron chi connectivity index (χ0n) is 15.8. The highest BCUT2D eigenvalue weighted by Crippen LogP contribution is 2.06. The zero-order chi connectivity index (χ0) is 18.8. The van der Waals surface area contributed by atoms with Crippen molar-refractivity contribution in [2.75, 3.05) is 13.6 Å². The number of rotatable bonds is 8. The Morgan fingerprint density at radius 2 is 1.96 bits per heavy atom. The van der Waals surface area contributed by atoms with Gasteiger partial charge < -0.3 is 20.5 Å².